The van der Waals surface area contributed by atoms with E-state index in [0.29, 0.717) is 44.2 Å². The van der Waals surface area contributed by atoms with Crippen LogP contribution in [0.15, 0.2) is 53.4 Å². The Labute approximate surface area is 208 Å². The molecule has 0 aliphatic carbocycles. The fourth-order valence-corrected chi connectivity index (χ4v) is 5.94. The summed E-state index contributed by atoms with van der Waals surface area (Å²) in [6, 6.07) is 14.1. The van der Waals surface area contributed by atoms with E-state index in [1.807, 2.05) is 24.3 Å². The van der Waals surface area contributed by atoms with Crippen molar-refractivity contribution < 1.29 is 22.7 Å². The van der Waals surface area contributed by atoms with Crippen molar-refractivity contribution in [2.75, 3.05) is 52.5 Å². The van der Waals surface area contributed by atoms with Crippen LogP contribution in [0.2, 0.25) is 0 Å². The molecular weight excluding hydrogens is 466 g/mol. The summed E-state index contributed by atoms with van der Waals surface area (Å²) in [6.07, 6.45) is 2.56. The van der Waals surface area contributed by atoms with Crippen LogP contribution in [0, 0.1) is 5.92 Å². The molecule has 1 atom stereocenters. The van der Waals surface area contributed by atoms with Gasteiger partial charge in [0.25, 0.3) is 5.91 Å². The van der Waals surface area contributed by atoms with Crippen LogP contribution in [0.5, 0.6) is 5.75 Å². The van der Waals surface area contributed by atoms with E-state index in [9.17, 15) is 13.2 Å². The first-order valence-corrected chi connectivity index (χ1v) is 13.8. The molecule has 1 N–H and O–H groups in total. The molecule has 4 rings (SSSR count). The second kappa shape index (κ2) is 12.0. The highest BCUT2D eigenvalue weighted by molar-refractivity contribution is 7.89. The van der Waals surface area contributed by atoms with Crippen molar-refractivity contribution in [3.63, 3.8) is 0 Å². The summed E-state index contributed by atoms with van der Waals surface area (Å²) in [6.45, 7) is 7.67. The van der Waals surface area contributed by atoms with E-state index in [4.69, 9.17) is 9.47 Å². The molecular formula is C26H35N3O5S. The molecule has 0 saturated carbocycles. The van der Waals surface area contributed by atoms with E-state index in [1.54, 1.807) is 24.3 Å². The normalized spacial score (nSPS) is 19.9. The third-order valence-corrected chi connectivity index (χ3v) is 8.36. The van der Waals surface area contributed by atoms with Gasteiger partial charge in [-0.15, -0.1) is 0 Å². The van der Waals surface area contributed by atoms with Crippen molar-refractivity contribution in [2.45, 2.75) is 31.2 Å². The van der Waals surface area contributed by atoms with E-state index in [2.05, 4.69) is 17.1 Å². The number of benzene rings is 2. The average Bonchev–Trinajstić information content (AvgIpc) is 2.88. The van der Waals surface area contributed by atoms with Gasteiger partial charge in [-0.2, -0.15) is 4.31 Å². The Morgan fingerprint density at radius 2 is 1.77 bits per heavy atom. The number of hydrogen-bond donors (Lipinski definition) is 1. The minimum Gasteiger partial charge on any atom is -0.492 e. The smallest absolute Gasteiger partial charge is 0.251 e. The molecule has 2 saturated heterocycles. The van der Waals surface area contributed by atoms with Gasteiger partial charge in [0.2, 0.25) is 10.0 Å². The van der Waals surface area contributed by atoms with Crippen LogP contribution in [0.25, 0.3) is 0 Å². The molecule has 2 aromatic carbocycles. The molecule has 0 radical (unpaired) electrons. The number of morpholine rings is 1. The van der Waals surface area contributed by atoms with Crippen LogP contribution in [0.1, 0.15) is 35.7 Å². The van der Waals surface area contributed by atoms with Gasteiger partial charge < -0.3 is 14.8 Å². The number of sulfonamides is 1. The van der Waals surface area contributed by atoms with Gasteiger partial charge in [0.05, 0.1) is 24.7 Å². The number of hydrogen-bond acceptors (Lipinski definition) is 6. The first kappa shape index (κ1) is 25.6. The van der Waals surface area contributed by atoms with E-state index in [0.717, 1.165) is 25.6 Å². The van der Waals surface area contributed by atoms with Gasteiger partial charge in [0.1, 0.15) is 12.4 Å². The summed E-state index contributed by atoms with van der Waals surface area (Å²) in [7, 11) is -3.52. The van der Waals surface area contributed by atoms with E-state index in [-0.39, 0.29) is 17.4 Å². The van der Waals surface area contributed by atoms with Crippen molar-refractivity contribution in [1.29, 1.82) is 0 Å². The summed E-state index contributed by atoms with van der Waals surface area (Å²) in [5.74, 6) is 1.16. The standard InChI is InChI=1S/C26H35N3O5S/c1-21-3-2-13-28(19-21)20-22-4-6-23(7-5-22)26(30)27-12-16-34-24-8-10-25(11-9-24)35(31,32)29-14-17-33-18-15-29/h4-11,21H,2-3,12-20H2,1H3,(H,27,30)/t21-/m0/s1. The van der Waals surface area contributed by atoms with Crippen LogP contribution in [0.4, 0.5) is 0 Å². The number of rotatable bonds is 9. The van der Waals surface area contributed by atoms with E-state index in [1.165, 1.54) is 22.7 Å². The lowest BCUT2D eigenvalue weighted by Gasteiger charge is -2.30. The zero-order valence-electron chi connectivity index (χ0n) is 20.3. The van der Waals surface area contributed by atoms with Crippen molar-refractivity contribution in [2.24, 2.45) is 5.92 Å². The molecule has 9 heteroatoms. The molecule has 0 unspecified atom stereocenters. The number of nitrogens with zero attached hydrogens (tertiary/aromatic N) is 2. The summed E-state index contributed by atoms with van der Waals surface area (Å²) >= 11 is 0. The molecule has 2 heterocycles. The van der Waals surface area contributed by atoms with Crippen LogP contribution >= 0.6 is 0 Å². The predicted molar refractivity (Wildman–Crippen MR) is 134 cm³/mol. The molecule has 2 aromatic rings. The van der Waals surface area contributed by atoms with Crippen molar-refractivity contribution in [3.05, 3.63) is 59.7 Å². The third-order valence-electron chi connectivity index (χ3n) is 6.45. The minimum absolute atomic E-state index is 0.140. The maximum atomic E-state index is 12.7. The number of likely N-dealkylation sites (tertiary alicyclic amines) is 1. The molecule has 0 bridgehead atoms. The molecule has 8 nitrogen and oxygen atoms in total. The highest BCUT2D eigenvalue weighted by atomic mass is 32.2. The van der Waals surface area contributed by atoms with Crippen molar-refractivity contribution in [3.8, 4) is 5.75 Å². The fraction of sp³-hybridized carbons (Fsp3) is 0.500. The molecule has 35 heavy (non-hydrogen) atoms. The first-order valence-electron chi connectivity index (χ1n) is 12.3. The number of carbonyl (C=O) groups is 1. The SMILES string of the molecule is C[C@H]1CCCN(Cc2ccc(C(=O)NCCOc3ccc(S(=O)(=O)N4CCOCC4)cc3)cc2)C1. The Morgan fingerprint density at radius 3 is 2.46 bits per heavy atom. The highest BCUT2D eigenvalue weighted by Crippen LogP contribution is 2.21. The summed E-state index contributed by atoms with van der Waals surface area (Å²) in [5.41, 5.74) is 1.84. The van der Waals surface area contributed by atoms with Gasteiger partial charge in [-0.3, -0.25) is 9.69 Å². The Kier molecular flexibility index (Phi) is 8.78. The van der Waals surface area contributed by atoms with Crippen LogP contribution in [-0.4, -0.2) is 76.1 Å². The summed E-state index contributed by atoms with van der Waals surface area (Å²) in [4.78, 5) is 15.2. The monoisotopic (exact) mass is 501 g/mol. The maximum absolute atomic E-state index is 12.7. The Bertz CT molecular complexity index is 1070. The zero-order chi connectivity index (χ0) is 24.7. The lowest BCUT2D eigenvalue weighted by molar-refractivity contribution is 0.0730. The number of nitrogens with one attached hydrogen (secondary N) is 1. The van der Waals surface area contributed by atoms with Crippen LogP contribution < -0.4 is 10.1 Å². The molecule has 0 spiro atoms. The van der Waals surface area contributed by atoms with Crippen molar-refractivity contribution >= 4 is 15.9 Å². The average molecular weight is 502 g/mol. The molecule has 2 aliphatic rings. The minimum atomic E-state index is -3.52. The largest absolute Gasteiger partial charge is 0.492 e. The zero-order valence-corrected chi connectivity index (χ0v) is 21.1. The van der Waals surface area contributed by atoms with Gasteiger partial charge in [-0.05, 0) is 67.3 Å². The van der Waals surface area contributed by atoms with Crippen LogP contribution in [-0.2, 0) is 21.3 Å². The Hall–Kier alpha value is -2.46. The van der Waals surface area contributed by atoms with Gasteiger partial charge in [-0.25, -0.2) is 8.42 Å². The molecule has 190 valence electrons. The summed E-state index contributed by atoms with van der Waals surface area (Å²) < 4.78 is 37.7. The van der Waals surface area contributed by atoms with E-state index < -0.39 is 10.0 Å². The number of piperidine rings is 1. The van der Waals surface area contributed by atoms with Gasteiger partial charge in [0, 0.05) is 31.7 Å². The molecule has 0 aromatic heterocycles. The second-order valence-corrected chi connectivity index (χ2v) is 11.2. The van der Waals surface area contributed by atoms with Gasteiger partial charge in [-0.1, -0.05) is 19.1 Å². The summed E-state index contributed by atoms with van der Waals surface area (Å²) in [5, 5.41) is 2.87. The fourth-order valence-electron chi connectivity index (χ4n) is 4.53. The topological polar surface area (TPSA) is 88.2 Å². The van der Waals surface area contributed by atoms with E-state index >= 15 is 0 Å². The Balaban J connectivity index is 1.20. The molecule has 1 amide bonds. The highest BCUT2D eigenvalue weighted by Gasteiger charge is 2.26. The molecule has 2 aliphatic heterocycles. The number of carbonyl (C=O) groups excluding carboxylic acids is 1. The molecule has 2 fully saturated rings. The lowest BCUT2D eigenvalue weighted by atomic mass is 9.99. The van der Waals surface area contributed by atoms with Crippen LogP contribution in [0.3, 0.4) is 0 Å². The second-order valence-electron chi connectivity index (χ2n) is 9.27. The Morgan fingerprint density at radius 1 is 1.06 bits per heavy atom. The number of amides is 1. The maximum Gasteiger partial charge on any atom is 0.251 e. The van der Waals surface area contributed by atoms with Crippen molar-refractivity contribution in [1.82, 2.24) is 14.5 Å². The lowest BCUT2D eigenvalue weighted by Crippen LogP contribution is -2.40. The van der Waals surface area contributed by atoms with Gasteiger partial charge in [0.15, 0.2) is 0 Å². The number of ether oxygens (including phenoxy) is 2. The quantitative estimate of drug-likeness (QED) is 0.532. The third kappa shape index (κ3) is 7.04. The first-order chi connectivity index (χ1) is 16.9. The predicted octanol–water partition coefficient (Wildman–Crippen LogP) is 2.75. The van der Waals surface area contributed by atoms with Gasteiger partial charge >= 0.3 is 0 Å².